The lowest BCUT2D eigenvalue weighted by Gasteiger charge is -2.27. The lowest BCUT2D eigenvalue weighted by Crippen LogP contribution is -2.51. The molecule has 1 saturated heterocycles. The van der Waals surface area contributed by atoms with E-state index in [1.807, 2.05) is 22.6 Å². The average molecular weight is 397 g/mol. The van der Waals surface area contributed by atoms with Gasteiger partial charge in [0.2, 0.25) is 0 Å². The number of nitrogens with zero attached hydrogens (tertiary/aromatic N) is 2. The molecule has 0 saturated carbocycles. The highest BCUT2D eigenvalue weighted by atomic mass is 127. The minimum atomic E-state index is -1.63. The van der Waals surface area contributed by atoms with E-state index in [-0.39, 0.29) is 10.2 Å². The second kappa shape index (κ2) is 5.56. The van der Waals surface area contributed by atoms with Crippen molar-refractivity contribution < 1.29 is 20.1 Å². The Labute approximate surface area is 128 Å². The Bertz CT molecular complexity index is 565. The van der Waals surface area contributed by atoms with E-state index in [4.69, 9.17) is 10.5 Å². The molecule has 0 aliphatic carbocycles. The van der Waals surface area contributed by atoms with Crippen molar-refractivity contribution in [3.63, 3.8) is 0 Å². The molecule has 1 aliphatic rings. The van der Waals surface area contributed by atoms with Gasteiger partial charge in [0, 0.05) is 16.2 Å². The van der Waals surface area contributed by atoms with Crippen molar-refractivity contribution in [2.75, 3.05) is 16.8 Å². The number of hydrogen-bond acceptors (Lipinski definition) is 7. The Morgan fingerprint density at radius 3 is 2.80 bits per heavy atom. The minimum absolute atomic E-state index is 0.0987. The molecule has 0 aromatic carbocycles. The van der Waals surface area contributed by atoms with Crippen LogP contribution in [0, 0.1) is 6.92 Å². The van der Waals surface area contributed by atoms with Crippen molar-refractivity contribution in [2.45, 2.75) is 31.0 Å². The first-order valence-corrected chi connectivity index (χ1v) is 7.45. The fourth-order valence-corrected chi connectivity index (χ4v) is 3.09. The third-order valence-electron chi connectivity index (χ3n) is 3.47. The van der Waals surface area contributed by atoms with Crippen LogP contribution in [0.15, 0.2) is 11.0 Å². The smallest absolute Gasteiger partial charge is 0.351 e. The zero-order chi connectivity index (χ0) is 15.1. The van der Waals surface area contributed by atoms with Crippen molar-refractivity contribution in [3.05, 3.63) is 22.2 Å². The van der Waals surface area contributed by atoms with Crippen LogP contribution in [0.5, 0.6) is 0 Å². The van der Waals surface area contributed by atoms with Gasteiger partial charge in [-0.1, -0.05) is 22.6 Å². The summed E-state index contributed by atoms with van der Waals surface area (Å²) in [6, 6.07) is 0. The molecule has 2 heterocycles. The first-order valence-electron chi connectivity index (χ1n) is 5.93. The molecule has 0 unspecified atom stereocenters. The van der Waals surface area contributed by atoms with Gasteiger partial charge in [0.15, 0.2) is 6.23 Å². The molecule has 1 fully saturated rings. The average Bonchev–Trinajstić information content (AvgIpc) is 2.67. The van der Waals surface area contributed by atoms with Crippen LogP contribution in [0.4, 0.5) is 5.82 Å². The van der Waals surface area contributed by atoms with E-state index < -0.39 is 36.3 Å². The Hall–Kier alpha value is -0.750. The first-order chi connectivity index (χ1) is 9.35. The molecule has 1 aromatic heterocycles. The summed E-state index contributed by atoms with van der Waals surface area (Å²) in [5.41, 5.74) is 3.77. The summed E-state index contributed by atoms with van der Waals surface area (Å²) >= 11 is 1.89. The summed E-state index contributed by atoms with van der Waals surface area (Å²) in [6.45, 7) is 1.19. The summed E-state index contributed by atoms with van der Waals surface area (Å²) in [7, 11) is 0. The minimum Gasteiger partial charge on any atom is -0.394 e. The maximum atomic E-state index is 11.9. The number of aromatic nitrogens is 2. The molecule has 112 valence electrons. The van der Waals surface area contributed by atoms with Crippen LogP contribution < -0.4 is 11.4 Å². The number of aliphatic hydroxyl groups is 3. The van der Waals surface area contributed by atoms with Gasteiger partial charge in [-0.2, -0.15) is 4.98 Å². The normalized spacial score (nSPS) is 33.5. The third-order valence-corrected chi connectivity index (χ3v) is 4.69. The first kappa shape index (κ1) is 15.6. The molecule has 0 spiro atoms. The molecule has 0 radical (unpaired) electrons. The fourth-order valence-electron chi connectivity index (χ4n) is 2.14. The number of nitrogens with two attached hydrogens (primary N) is 1. The number of anilines is 1. The summed E-state index contributed by atoms with van der Waals surface area (Å²) < 4.78 is 6.63. The lowest BCUT2D eigenvalue weighted by atomic mass is 9.95. The van der Waals surface area contributed by atoms with Gasteiger partial charge in [0.1, 0.15) is 23.6 Å². The maximum absolute atomic E-state index is 11.9. The van der Waals surface area contributed by atoms with Crippen molar-refractivity contribution >= 4 is 28.4 Å². The predicted molar refractivity (Wildman–Crippen MR) is 78.5 cm³/mol. The van der Waals surface area contributed by atoms with Crippen molar-refractivity contribution in [3.8, 4) is 0 Å². The van der Waals surface area contributed by atoms with Gasteiger partial charge in [-0.25, -0.2) is 4.79 Å². The topological polar surface area (TPSA) is 131 Å². The molecule has 9 heteroatoms. The van der Waals surface area contributed by atoms with Crippen LogP contribution in [0.1, 0.15) is 11.8 Å². The molecular formula is C11H16IN3O5. The molecule has 0 bridgehead atoms. The summed E-state index contributed by atoms with van der Waals surface area (Å²) in [5, 5.41) is 29.9. The number of rotatable bonds is 3. The van der Waals surface area contributed by atoms with E-state index in [0.717, 1.165) is 4.57 Å². The molecule has 5 N–H and O–H groups in total. The standard InChI is InChI=1S/C11H16IN3O5/c1-5-2-15(10(18)14-8(5)13)9-7(17)11(19,4-12)6(3-16)20-9/h2,6-7,9,16-17,19H,3-4H2,1H3,(H2,13,14,18)/t6-,7+,9-,11-/m1/s1. The van der Waals surface area contributed by atoms with E-state index in [2.05, 4.69) is 4.98 Å². The molecule has 20 heavy (non-hydrogen) atoms. The highest BCUT2D eigenvalue weighted by Gasteiger charge is 2.55. The second-order valence-electron chi connectivity index (χ2n) is 4.77. The van der Waals surface area contributed by atoms with E-state index in [1.54, 1.807) is 6.92 Å². The van der Waals surface area contributed by atoms with E-state index in [1.165, 1.54) is 6.20 Å². The Morgan fingerprint density at radius 2 is 2.30 bits per heavy atom. The molecule has 1 aromatic rings. The van der Waals surface area contributed by atoms with Gasteiger partial charge in [-0.15, -0.1) is 0 Å². The van der Waals surface area contributed by atoms with Gasteiger partial charge < -0.3 is 25.8 Å². The highest BCUT2D eigenvalue weighted by Crippen LogP contribution is 2.37. The van der Waals surface area contributed by atoms with Crippen LogP contribution in [0.3, 0.4) is 0 Å². The zero-order valence-corrected chi connectivity index (χ0v) is 12.9. The van der Waals surface area contributed by atoms with Crippen LogP contribution >= 0.6 is 22.6 Å². The van der Waals surface area contributed by atoms with Crippen molar-refractivity contribution in [2.24, 2.45) is 0 Å². The van der Waals surface area contributed by atoms with Gasteiger partial charge in [-0.3, -0.25) is 4.57 Å². The van der Waals surface area contributed by atoms with Crippen LogP contribution in [0.25, 0.3) is 0 Å². The number of aryl methyl sites for hydroxylation is 1. The van der Waals surface area contributed by atoms with Crippen LogP contribution in [-0.2, 0) is 4.74 Å². The summed E-state index contributed by atoms with van der Waals surface area (Å²) in [6.07, 6.45) is -2.05. The Balaban J connectivity index is 2.45. The zero-order valence-electron chi connectivity index (χ0n) is 10.7. The van der Waals surface area contributed by atoms with E-state index in [9.17, 15) is 20.1 Å². The van der Waals surface area contributed by atoms with E-state index >= 15 is 0 Å². The van der Waals surface area contributed by atoms with Crippen LogP contribution in [-0.4, -0.2) is 53.7 Å². The molecule has 4 atom stereocenters. The number of nitrogen functional groups attached to an aromatic ring is 1. The van der Waals surface area contributed by atoms with Gasteiger partial charge in [-0.05, 0) is 6.92 Å². The molecule has 2 rings (SSSR count). The Morgan fingerprint density at radius 1 is 1.65 bits per heavy atom. The largest absolute Gasteiger partial charge is 0.394 e. The van der Waals surface area contributed by atoms with Gasteiger partial charge in [0.25, 0.3) is 0 Å². The third kappa shape index (κ3) is 2.33. The lowest BCUT2D eigenvalue weighted by molar-refractivity contribution is -0.0761. The van der Waals surface area contributed by atoms with Crippen LogP contribution in [0.2, 0.25) is 0 Å². The number of alkyl halides is 1. The monoisotopic (exact) mass is 397 g/mol. The predicted octanol–water partition coefficient (Wildman–Crippen LogP) is -1.45. The molecule has 1 aliphatic heterocycles. The second-order valence-corrected chi connectivity index (χ2v) is 5.53. The van der Waals surface area contributed by atoms with Crippen molar-refractivity contribution in [1.82, 2.24) is 9.55 Å². The quantitative estimate of drug-likeness (QED) is 0.363. The highest BCUT2D eigenvalue weighted by molar-refractivity contribution is 14.1. The number of halogens is 1. The van der Waals surface area contributed by atoms with Gasteiger partial charge in [0.05, 0.1) is 6.61 Å². The number of hydrogen-bond donors (Lipinski definition) is 4. The summed E-state index contributed by atoms with van der Waals surface area (Å²) in [5.74, 6) is 0.0987. The number of aliphatic hydroxyl groups excluding tert-OH is 2. The van der Waals surface area contributed by atoms with E-state index in [0.29, 0.717) is 5.56 Å². The fraction of sp³-hybridized carbons (Fsp3) is 0.636. The molecule has 8 nitrogen and oxygen atoms in total. The molecule has 0 amide bonds. The molecular weight excluding hydrogens is 381 g/mol. The SMILES string of the molecule is Cc1cn([C@@H]2O[C@H](CO)[C@](O)(CI)[C@H]2O)c(=O)nc1N. The number of ether oxygens (including phenoxy) is 1. The Kier molecular flexibility index (Phi) is 4.35. The van der Waals surface area contributed by atoms with Gasteiger partial charge >= 0.3 is 5.69 Å². The maximum Gasteiger partial charge on any atom is 0.351 e. The summed E-state index contributed by atoms with van der Waals surface area (Å²) in [4.78, 5) is 15.5. The van der Waals surface area contributed by atoms with Crippen molar-refractivity contribution in [1.29, 1.82) is 0 Å².